The second kappa shape index (κ2) is 6.10. The van der Waals surface area contributed by atoms with Crippen LogP contribution in [0.15, 0.2) is 9.81 Å². The van der Waals surface area contributed by atoms with Gasteiger partial charge in [-0.25, -0.2) is 0 Å². The average molecular weight is 219 g/mol. The summed E-state index contributed by atoms with van der Waals surface area (Å²) in [5, 5.41) is 2.45. The van der Waals surface area contributed by atoms with Crippen LogP contribution in [0.2, 0.25) is 0 Å². The Balaban J connectivity index is 5.08. The van der Waals surface area contributed by atoms with Crippen molar-refractivity contribution >= 4 is 35.2 Å². The monoisotopic (exact) mass is 219 g/mol. The molecule has 1 N–H and O–H groups in total. The first-order chi connectivity index (χ1) is 6.08. The third-order valence-corrected chi connectivity index (χ3v) is 3.53. The lowest BCUT2D eigenvalue weighted by Crippen LogP contribution is -2.24. The lowest BCUT2D eigenvalue weighted by atomic mass is 10.2. The molecule has 0 saturated heterocycles. The molecule has 0 aromatic heterocycles. The normalized spacial score (nSPS) is 9.23. The maximum Gasteiger partial charge on any atom is 0.256 e. The molecular formula is C8H13NO2S2. The Morgan fingerprint density at radius 1 is 1.15 bits per heavy atom. The van der Waals surface area contributed by atoms with Crippen molar-refractivity contribution in [3.05, 3.63) is 9.81 Å². The molecule has 13 heavy (non-hydrogen) atoms. The van der Waals surface area contributed by atoms with Crippen LogP contribution in [0.5, 0.6) is 0 Å². The van der Waals surface area contributed by atoms with E-state index in [-0.39, 0.29) is 17.3 Å². The Bertz CT molecular complexity index is 243. The number of nitrogens with one attached hydrogen (secondary N) is 1. The molecule has 0 spiro atoms. The molecule has 74 valence electrons. The van der Waals surface area contributed by atoms with Crippen molar-refractivity contribution in [1.29, 1.82) is 0 Å². The zero-order valence-corrected chi connectivity index (χ0v) is 9.77. The second-order valence-corrected chi connectivity index (χ2v) is 4.10. The molecule has 0 heterocycles. The van der Waals surface area contributed by atoms with E-state index in [0.29, 0.717) is 0 Å². The third kappa shape index (κ3) is 3.44. The standard InChI is InChI=1S/C8H13NO2S2/c1-5(10)6(7(11)9-2)8(12-3)13-4/h1-4H3,(H,9,11). The molecule has 0 atom stereocenters. The van der Waals surface area contributed by atoms with E-state index < -0.39 is 0 Å². The Kier molecular flexibility index (Phi) is 5.90. The van der Waals surface area contributed by atoms with Crippen LogP contribution in [0.3, 0.4) is 0 Å². The molecule has 0 aliphatic carbocycles. The fraction of sp³-hybridized carbons (Fsp3) is 0.500. The highest BCUT2D eigenvalue weighted by atomic mass is 32.2. The number of hydrogen-bond donors (Lipinski definition) is 1. The molecule has 0 aromatic rings. The highest BCUT2D eigenvalue weighted by molar-refractivity contribution is 8.21. The number of rotatable bonds is 4. The Morgan fingerprint density at radius 2 is 1.62 bits per heavy atom. The molecule has 0 saturated carbocycles. The maximum atomic E-state index is 11.3. The number of carbonyl (C=O) groups excluding carboxylic acids is 2. The van der Waals surface area contributed by atoms with Crippen LogP contribution in [0.1, 0.15) is 6.92 Å². The summed E-state index contributed by atoms with van der Waals surface area (Å²) >= 11 is 2.82. The minimum absolute atomic E-state index is 0.196. The van der Waals surface area contributed by atoms with E-state index in [1.165, 1.54) is 37.5 Å². The Labute approximate surface area is 86.7 Å². The highest BCUT2D eigenvalue weighted by Crippen LogP contribution is 2.27. The number of thioether (sulfide) groups is 2. The van der Waals surface area contributed by atoms with Gasteiger partial charge in [0.25, 0.3) is 5.91 Å². The molecule has 0 aromatic carbocycles. The van der Waals surface area contributed by atoms with Gasteiger partial charge in [-0.3, -0.25) is 9.59 Å². The van der Waals surface area contributed by atoms with Gasteiger partial charge in [0, 0.05) is 7.05 Å². The molecule has 0 aliphatic heterocycles. The van der Waals surface area contributed by atoms with Crippen molar-refractivity contribution in [3.63, 3.8) is 0 Å². The summed E-state index contributed by atoms with van der Waals surface area (Å²) in [5.41, 5.74) is 0.252. The molecule has 0 fully saturated rings. The topological polar surface area (TPSA) is 46.2 Å². The van der Waals surface area contributed by atoms with Crippen LogP contribution in [0.25, 0.3) is 0 Å². The largest absolute Gasteiger partial charge is 0.355 e. The van der Waals surface area contributed by atoms with Crippen molar-refractivity contribution in [2.24, 2.45) is 0 Å². The second-order valence-electron chi connectivity index (χ2n) is 2.21. The Morgan fingerprint density at radius 3 is 1.85 bits per heavy atom. The van der Waals surface area contributed by atoms with Crippen LogP contribution in [0.4, 0.5) is 0 Å². The molecule has 5 heteroatoms. The molecular weight excluding hydrogens is 206 g/mol. The minimum atomic E-state index is -0.314. The molecule has 0 radical (unpaired) electrons. The zero-order chi connectivity index (χ0) is 10.4. The first kappa shape index (κ1) is 12.6. The summed E-state index contributed by atoms with van der Waals surface area (Å²) in [6.45, 7) is 1.40. The summed E-state index contributed by atoms with van der Waals surface area (Å²) < 4.78 is 0.756. The van der Waals surface area contributed by atoms with Gasteiger partial charge in [-0.2, -0.15) is 0 Å². The molecule has 1 amide bonds. The minimum Gasteiger partial charge on any atom is -0.355 e. The van der Waals surface area contributed by atoms with Crippen LogP contribution in [-0.4, -0.2) is 31.2 Å². The molecule has 0 unspecified atom stereocenters. The van der Waals surface area contributed by atoms with Crippen molar-refractivity contribution in [2.45, 2.75) is 6.92 Å². The average Bonchev–Trinajstić information content (AvgIpc) is 2.12. The van der Waals surface area contributed by atoms with E-state index >= 15 is 0 Å². The van der Waals surface area contributed by atoms with Gasteiger partial charge >= 0.3 is 0 Å². The highest BCUT2D eigenvalue weighted by Gasteiger charge is 2.17. The van der Waals surface area contributed by atoms with Gasteiger partial charge in [-0.05, 0) is 19.4 Å². The van der Waals surface area contributed by atoms with Gasteiger partial charge in [-0.1, -0.05) is 0 Å². The number of hydrogen-bond acceptors (Lipinski definition) is 4. The van der Waals surface area contributed by atoms with E-state index in [1.807, 2.05) is 12.5 Å². The Hall–Kier alpha value is -0.420. The van der Waals surface area contributed by atoms with Crippen molar-refractivity contribution in [1.82, 2.24) is 5.32 Å². The van der Waals surface area contributed by atoms with E-state index in [1.54, 1.807) is 0 Å². The lowest BCUT2D eigenvalue weighted by molar-refractivity contribution is -0.121. The van der Waals surface area contributed by atoms with E-state index in [2.05, 4.69) is 5.32 Å². The third-order valence-electron chi connectivity index (χ3n) is 1.38. The summed E-state index contributed by atoms with van der Waals surface area (Å²) in [6, 6.07) is 0. The smallest absolute Gasteiger partial charge is 0.256 e. The van der Waals surface area contributed by atoms with Gasteiger partial charge in [-0.15, -0.1) is 23.5 Å². The number of likely N-dealkylation sites (N-methyl/N-ethyl adjacent to an activating group) is 1. The van der Waals surface area contributed by atoms with Crippen molar-refractivity contribution in [2.75, 3.05) is 19.6 Å². The van der Waals surface area contributed by atoms with Gasteiger partial charge < -0.3 is 5.32 Å². The number of amides is 1. The predicted molar refractivity (Wildman–Crippen MR) is 58.8 cm³/mol. The quantitative estimate of drug-likeness (QED) is 0.439. The lowest BCUT2D eigenvalue weighted by Gasteiger charge is -2.06. The molecule has 0 aliphatic rings. The van der Waals surface area contributed by atoms with Gasteiger partial charge in [0.2, 0.25) is 0 Å². The van der Waals surface area contributed by atoms with Crippen LogP contribution in [0, 0.1) is 0 Å². The first-order valence-electron chi connectivity index (χ1n) is 3.63. The van der Waals surface area contributed by atoms with Gasteiger partial charge in [0.1, 0.15) is 5.57 Å². The van der Waals surface area contributed by atoms with Crippen molar-refractivity contribution in [3.8, 4) is 0 Å². The van der Waals surface area contributed by atoms with E-state index in [9.17, 15) is 9.59 Å². The number of Topliss-reactive ketones (excluding diaryl/α,β-unsaturated/α-hetero) is 1. The van der Waals surface area contributed by atoms with Crippen LogP contribution in [-0.2, 0) is 9.59 Å². The number of carbonyl (C=O) groups is 2. The van der Waals surface area contributed by atoms with Gasteiger partial charge in [0.05, 0.1) is 4.24 Å². The van der Waals surface area contributed by atoms with E-state index in [0.717, 1.165) is 4.24 Å². The zero-order valence-electron chi connectivity index (χ0n) is 8.13. The summed E-state index contributed by atoms with van der Waals surface area (Å²) in [5.74, 6) is -0.510. The SMILES string of the molecule is CNC(=O)C(C(C)=O)=C(SC)SC. The predicted octanol–water partition coefficient (Wildman–Crippen LogP) is 1.26. The summed E-state index contributed by atoms with van der Waals surface area (Å²) in [7, 11) is 1.52. The van der Waals surface area contributed by atoms with Crippen LogP contribution < -0.4 is 5.32 Å². The molecule has 0 rings (SSSR count). The maximum absolute atomic E-state index is 11.3. The summed E-state index contributed by atoms with van der Waals surface area (Å²) in [6.07, 6.45) is 3.69. The summed E-state index contributed by atoms with van der Waals surface area (Å²) in [4.78, 5) is 22.5. The molecule has 3 nitrogen and oxygen atoms in total. The number of ketones is 1. The van der Waals surface area contributed by atoms with Crippen LogP contribution >= 0.6 is 23.5 Å². The van der Waals surface area contributed by atoms with E-state index in [4.69, 9.17) is 0 Å². The van der Waals surface area contributed by atoms with Crippen molar-refractivity contribution < 1.29 is 9.59 Å². The first-order valence-corrected chi connectivity index (χ1v) is 6.08. The van der Waals surface area contributed by atoms with Gasteiger partial charge in [0.15, 0.2) is 5.78 Å². The fourth-order valence-electron chi connectivity index (χ4n) is 0.809. The fourth-order valence-corrected chi connectivity index (χ4v) is 2.36. The molecule has 0 bridgehead atoms.